The van der Waals surface area contributed by atoms with Gasteiger partial charge in [0.2, 0.25) is 17.7 Å². The van der Waals surface area contributed by atoms with Crippen molar-refractivity contribution < 1.29 is 19.5 Å². The van der Waals surface area contributed by atoms with E-state index < -0.39 is 39.0 Å². The van der Waals surface area contributed by atoms with Crippen LogP contribution in [0.4, 0.5) is 5.69 Å². The van der Waals surface area contributed by atoms with E-state index in [1.165, 1.54) is 0 Å². The summed E-state index contributed by atoms with van der Waals surface area (Å²) in [5.74, 6) is -1.72. The van der Waals surface area contributed by atoms with Crippen molar-refractivity contribution in [1.82, 2.24) is 9.80 Å². The molecule has 6 atom stereocenters. The van der Waals surface area contributed by atoms with Gasteiger partial charge in [0, 0.05) is 29.1 Å². The summed E-state index contributed by atoms with van der Waals surface area (Å²) < 4.78 is -1.22. The highest BCUT2D eigenvalue weighted by atomic mass is 32.2. The standard InChI is InChI=1S/C30H41N3O4S/c1-8-17-31(21-13-11-10-12-14-21)25(35)22-23-26(36)33(20(3)19-34)24(30(23)16-15-29(22,7)38-30)27(37)32(18-9-2)28(4,5)6/h8-14,20,22-24,34H,1-2,15-19H2,3-7H3/t20-,22+,23+,24?,29-,30?/m1/s1. The Morgan fingerprint density at radius 1 is 1.16 bits per heavy atom. The number of thioether (sulfide) groups is 1. The first-order chi connectivity index (χ1) is 17.9. The molecule has 7 nitrogen and oxygen atoms in total. The van der Waals surface area contributed by atoms with Gasteiger partial charge in [-0.15, -0.1) is 24.9 Å². The van der Waals surface area contributed by atoms with E-state index >= 15 is 0 Å². The van der Waals surface area contributed by atoms with E-state index in [4.69, 9.17) is 0 Å². The van der Waals surface area contributed by atoms with Crippen molar-refractivity contribution in [2.75, 3.05) is 24.6 Å². The number of para-hydroxylation sites is 1. The molecule has 3 saturated heterocycles. The van der Waals surface area contributed by atoms with Crippen LogP contribution >= 0.6 is 11.8 Å². The van der Waals surface area contributed by atoms with E-state index in [1.54, 1.807) is 45.5 Å². The summed E-state index contributed by atoms with van der Waals surface area (Å²) in [4.78, 5) is 48.2. The maximum atomic E-state index is 14.4. The van der Waals surface area contributed by atoms with Crippen LogP contribution in [0.5, 0.6) is 0 Å². The Labute approximate surface area is 230 Å². The van der Waals surface area contributed by atoms with Gasteiger partial charge in [-0.05, 0) is 59.6 Å². The van der Waals surface area contributed by atoms with Crippen LogP contribution in [0.15, 0.2) is 55.6 Å². The highest BCUT2D eigenvalue weighted by molar-refractivity contribution is 8.02. The van der Waals surface area contributed by atoms with Crippen molar-refractivity contribution in [1.29, 1.82) is 0 Å². The fourth-order valence-corrected chi connectivity index (χ4v) is 9.11. The Bertz CT molecular complexity index is 1120. The lowest BCUT2D eigenvalue weighted by molar-refractivity contribution is -0.148. The lowest BCUT2D eigenvalue weighted by Crippen LogP contribution is -2.60. The summed E-state index contributed by atoms with van der Waals surface area (Å²) >= 11 is 1.65. The zero-order valence-electron chi connectivity index (χ0n) is 23.2. The highest BCUT2D eigenvalue weighted by Crippen LogP contribution is 2.72. The smallest absolute Gasteiger partial charge is 0.247 e. The van der Waals surface area contributed by atoms with Crippen LogP contribution in [0.25, 0.3) is 0 Å². The van der Waals surface area contributed by atoms with Crippen molar-refractivity contribution >= 4 is 35.2 Å². The number of carbonyl (C=O) groups is 3. The molecule has 2 unspecified atom stereocenters. The second-order valence-electron chi connectivity index (χ2n) is 12.0. The molecule has 1 N–H and O–H groups in total. The number of nitrogens with zero attached hydrogens (tertiary/aromatic N) is 3. The first kappa shape index (κ1) is 28.4. The molecule has 1 spiro atoms. The number of benzene rings is 1. The number of carbonyl (C=O) groups excluding carboxylic acids is 3. The van der Waals surface area contributed by atoms with Gasteiger partial charge in [-0.1, -0.05) is 30.4 Å². The van der Waals surface area contributed by atoms with Crippen LogP contribution in [0.1, 0.15) is 47.5 Å². The third-order valence-corrected chi connectivity index (χ3v) is 10.5. The van der Waals surface area contributed by atoms with Crippen molar-refractivity contribution in [3.63, 3.8) is 0 Å². The fourth-order valence-electron chi connectivity index (χ4n) is 6.78. The predicted molar refractivity (Wildman–Crippen MR) is 153 cm³/mol. The zero-order chi connectivity index (χ0) is 28.0. The quantitative estimate of drug-likeness (QED) is 0.482. The van der Waals surface area contributed by atoms with Crippen molar-refractivity contribution in [2.45, 2.75) is 74.6 Å². The van der Waals surface area contributed by atoms with E-state index in [-0.39, 0.29) is 24.3 Å². The van der Waals surface area contributed by atoms with Crippen molar-refractivity contribution in [3.8, 4) is 0 Å². The Balaban J connectivity index is 1.83. The molecule has 0 saturated carbocycles. The SMILES string of the molecule is C=CCN(C(=O)[C@@H]1[C@H]2C(=O)N([C@H](C)CO)C(C(=O)N(CC=C)C(C)(C)C)C23CC[C@@]1(C)S3)c1ccccc1. The molecular weight excluding hydrogens is 498 g/mol. The Morgan fingerprint density at radius 3 is 2.34 bits per heavy atom. The molecule has 3 heterocycles. The third-order valence-electron chi connectivity index (χ3n) is 8.49. The molecule has 2 bridgehead atoms. The maximum Gasteiger partial charge on any atom is 0.247 e. The summed E-state index contributed by atoms with van der Waals surface area (Å²) in [7, 11) is 0. The van der Waals surface area contributed by atoms with Crippen LogP contribution < -0.4 is 4.90 Å². The van der Waals surface area contributed by atoms with Gasteiger partial charge in [0.25, 0.3) is 0 Å². The summed E-state index contributed by atoms with van der Waals surface area (Å²) in [6, 6.07) is 8.13. The molecule has 38 heavy (non-hydrogen) atoms. The first-order valence-electron chi connectivity index (χ1n) is 13.4. The molecule has 3 aliphatic heterocycles. The summed E-state index contributed by atoms with van der Waals surface area (Å²) in [6.45, 7) is 17.9. The number of amides is 3. The van der Waals surface area contributed by atoms with Gasteiger partial charge in [-0.25, -0.2) is 0 Å². The minimum atomic E-state index is -0.768. The van der Waals surface area contributed by atoms with Crippen LogP contribution in [-0.4, -0.2) is 79.4 Å². The van der Waals surface area contributed by atoms with Crippen LogP contribution in [0.3, 0.4) is 0 Å². The van der Waals surface area contributed by atoms with Gasteiger partial charge >= 0.3 is 0 Å². The molecule has 0 aromatic heterocycles. The van der Waals surface area contributed by atoms with E-state index in [9.17, 15) is 19.5 Å². The summed E-state index contributed by atoms with van der Waals surface area (Å²) in [6.07, 6.45) is 4.80. The number of hydrogen-bond acceptors (Lipinski definition) is 5. The highest BCUT2D eigenvalue weighted by Gasteiger charge is 2.78. The molecule has 8 heteroatoms. The lowest BCUT2D eigenvalue weighted by atomic mass is 9.66. The average Bonchev–Trinajstić information content (AvgIpc) is 3.45. The number of anilines is 1. The zero-order valence-corrected chi connectivity index (χ0v) is 24.0. The Hall–Kier alpha value is -2.58. The van der Waals surface area contributed by atoms with Gasteiger partial charge in [0.1, 0.15) is 6.04 Å². The van der Waals surface area contributed by atoms with Gasteiger partial charge in [0.05, 0.1) is 29.2 Å². The minimum Gasteiger partial charge on any atom is -0.394 e. The molecule has 206 valence electrons. The van der Waals surface area contributed by atoms with Gasteiger partial charge in [-0.3, -0.25) is 14.4 Å². The Kier molecular flexibility index (Phi) is 7.62. The summed E-state index contributed by atoms with van der Waals surface area (Å²) in [5.41, 5.74) is 0.261. The normalized spacial score (nSPS) is 30.6. The van der Waals surface area contributed by atoms with E-state index in [0.717, 1.165) is 12.1 Å². The molecule has 4 rings (SSSR count). The number of aliphatic hydroxyl groups excluding tert-OH is 1. The monoisotopic (exact) mass is 539 g/mol. The second kappa shape index (κ2) is 10.2. The van der Waals surface area contributed by atoms with Gasteiger partial charge < -0.3 is 19.8 Å². The van der Waals surface area contributed by atoms with Crippen molar-refractivity contribution in [2.24, 2.45) is 11.8 Å². The summed E-state index contributed by atoms with van der Waals surface area (Å²) in [5, 5.41) is 10.1. The van der Waals surface area contributed by atoms with Gasteiger partial charge in [-0.2, -0.15) is 0 Å². The lowest BCUT2D eigenvalue weighted by Gasteiger charge is -2.43. The number of likely N-dealkylation sites (tertiary alicyclic amines) is 1. The molecule has 3 aliphatic rings. The number of rotatable bonds is 9. The molecule has 0 aliphatic carbocycles. The fraction of sp³-hybridized carbons (Fsp3) is 0.567. The van der Waals surface area contributed by atoms with Crippen LogP contribution in [-0.2, 0) is 14.4 Å². The second-order valence-corrected chi connectivity index (χ2v) is 13.9. The van der Waals surface area contributed by atoms with Crippen LogP contribution in [0, 0.1) is 11.8 Å². The first-order valence-corrected chi connectivity index (χ1v) is 14.2. The predicted octanol–water partition coefficient (Wildman–Crippen LogP) is 3.88. The molecule has 1 aromatic rings. The van der Waals surface area contributed by atoms with E-state index in [1.807, 2.05) is 51.1 Å². The number of fused-ring (bicyclic) bond motifs is 1. The molecule has 1 aromatic carbocycles. The number of aliphatic hydroxyl groups is 1. The third kappa shape index (κ3) is 4.30. The minimum absolute atomic E-state index is 0.116. The van der Waals surface area contributed by atoms with Crippen LogP contribution in [0.2, 0.25) is 0 Å². The van der Waals surface area contributed by atoms with E-state index in [2.05, 4.69) is 20.1 Å². The molecular formula is C30H41N3O4S. The number of hydrogen-bond donors (Lipinski definition) is 1. The van der Waals surface area contributed by atoms with Gasteiger partial charge in [0.15, 0.2) is 0 Å². The molecule has 3 fully saturated rings. The Morgan fingerprint density at radius 2 is 1.79 bits per heavy atom. The largest absolute Gasteiger partial charge is 0.394 e. The maximum absolute atomic E-state index is 14.4. The molecule has 0 radical (unpaired) electrons. The average molecular weight is 540 g/mol. The van der Waals surface area contributed by atoms with Crippen molar-refractivity contribution in [3.05, 3.63) is 55.6 Å². The molecule has 3 amide bonds. The topological polar surface area (TPSA) is 81.2 Å². The van der Waals surface area contributed by atoms with E-state index in [0.29, 0.717) is 19.5 Å².